The summed E-state index contributed by atoms with van der Waals surface area (Å²) in [5.74, 6) is 1.02. The smallest absolute Gasteiger partial charge is 0.224 e. The summed E-state index contributed by atoms with van der Waals surface area (Å²) >= 11 is 1.80. The number of benzene rings is 1. The highest BCUT2D eigenvalue weighted by Crippen LogP contribution is 2.24. The van der Waals surface area contributed by atoms with Crippen LogP contribution in [0.15, 0.2) is 40.7 Å². The number of amides is 1. The van der Waals surface area contributed by atoms with E-state index in [9.17, 15) is 4.79 Å². The summed E-state index contributed by atoms with van der Waals surface area (Å²) in [6.45, 7) is 5.12. The van der Waals surface area contributed by atoms with Gasteiger partial charge < -0.3 is 15.1 Å². The van der Waals surface area contributed by atoms with Crippen molar-refractivity contribution in [2.24, 2.45) is 4.99 Å². The van der Waals surface area contributed by atoms with Crippen LogP contribution < -0.4 is 5.32 Å². The van der Waals surface area contributed by atoms with Crippen LogP contribution in [0.1, 0.15) is 34.9 Å². The van der Waals surface area contributed by atoms with E-state index in [1.54, 1.807) is 18.4 Å². The lowest BCUT2D eigenvalue weighted by Crippen LogP contribution is -2.41. The standard InChI is InChI=1S/C22H30N4OS.HI/c1-4-17-5-7-18(8-6-17)15-25(3)22(23-2)24-12-9-21(27)26-13-10-20-19(16-26)11-14-28-20;/h5-8,11,14H,4,9-10,12-13,15-16H2,1-3H3,(H,23,24);1H. The highest BCUT2D eigenvalue weighted by Gasteiger charge is 2.21. The van der Waals surface area contributed by atoms with Crippen molar-refractivity contribution in [1.29, 1.82) is 0 Å². The normalized spacial score (nSPS) is 13.5. The van der Waals surface area contributed by atoms with Crippen molar-refractivity contribution in [3.8, 4) is 0 Å². The van der Waals surface area contributed by atoms with Crippen molar-refractivity contribution >= 4 is 47.2 Å². The Labute approximate surface area is 195 Å². The topological polar surface area (TPSA) is 47.9 Å². The Morgan fingerprint density at radius 2 is 1.97 bits per heavy atom. The fourth-order valence-electron chi connectivity index (χ4n) is 3.51. The van der Waals surface area contributed by atoms with E-state index in [1.807, 2.05) is 11.9 Å². The minimum Gasteiger partial charge on any atom is -0.356 e. The Hall–Kier alpha value is -1.61. The van der Waals surface area contributed by atoms with Crippen LogP contribution in [0, 0.1) is 0 Å². The third kappa shape index (κ3) is 6.44. The number of hydrogen-bond acceptors (Lipinski definition) is 3. The van der Waals surface area contributed by atoms with Gasteiger partial charge in [-0.3, -0.25) is 9.79 Å². The first-order valence-electron chi connectivity index (χ1n) is 9.93. The average molecular weight is 526 g/mol. The number of thiophene rings is 1. The number of nitrogens with one attached hydrogen (secondary N) is 1. The van der Waals surface area contributed by atoms with Gasteiger partial charge in [0, 0.05) is 51.6 Å². The van der Waals surface area contributed by atoms with E-state index in [0.717, 1.165) is 38.4 Å². The van der Waals surface area contributed by atoms with Gasteiger partial charge in [0.2, 0.25) is 5.91 Å². The molecule has 0 spiro atoms. The van der Waals surface area contributed by atoms with E-state index in [1.165, 1.54) is 21.6 Å². The number of halogens is 1. The molecular formula is C22H31IN4OS. The molecule has 2 aromatic rings. The van der Waals surface area contributed by atoms with Gasteiger partial charge >= 0.3 is 0 Å². The fourth-order valence-corrected chi connectivity index (χ4v) is 4.40. The molecule has 1 aromatic carbocycles. The third-order valence-corrected chi connectivity index (χ3v) is 6.23. The molecule has 5 nitrogen and oxygen atoms in total. The first-order chi connectivity index (χ1) is 13.6. The summed E-state index contributed by atoms with van der Waals surface area (Å²) in [4.78, 5) is 22.4. The van der Waals surface area contributed by atoms with E-state index in [0.29, 0.717) is 13.0 Å². The molecule has 7 heteroatoms. The van der Waals surface area contributed by atoms with Crippen molar-refractivity contribution in [2.75, 3.05) is 27.2 Å². The number of rotatable bonds is 6. The second-order valence-electron chi connectivity index (χ2n) is 7.18. The second-order valence-corrected chi connectivity index (χ2v) is 8.19. The average Bonchev–Trinajstić information content (AvgIpc) is 3.19. The number of carbonyl (C=O) groups excluding carboxylic acids is 1. The Morgan fingerprint density at radius 3 is 2.66 bits per heavy atom. The number of aliphatic imine (C=N–C) groups is 1. The first kappa shape index (κ1) is 23.7. The molecule has 0 fully saturated rings. The summed E-state index contributed by atoms with van der Waals surface area (Å²) in [5, 5.41) is 5.45. The predicted molar refractivity (Wildman–Crippen MR) is 132 cm³/mol. The van der Waals surface area contributed by atoms with Gasteiger partial charge in [0.05, 0.1) is 0 Å². The highest BCUT2D eigenvalue weighted by atomic mass is 127. The lowest BCUT2D eigenvalue weighted by atomic mass is 10.1. The van der Waals surface area contributed by atoms with E-state index < -0.39 is 0 Å². The van der Waals surface area contributed by atoms with Crippen LogP contribution in [-0.4, -0.2) is 48.9 Å². The van der Waals surface area contributed by atoms with Crippen molar-refractivity contribution in [3.63, 3.8) is 0 Å². The maximum Gasteiger partial charge on any atom is 0.224 e. The molecule has 0 aliphatic carbocycles. The molecule has 0 radical (unpaired) electrons. The van der Waals surface area contributed by atoms with Crippen LogP contribution in [0.2, 0.25) is 0 Å². The highest BCUT2D eigenvalue weighted by molar-refractivity contribution is 14.0. The van der Waals surface area contributed by atoms with Gasteiger partial charge in [-0.15, -0.1) is 35.3 Å². The predicted octanol–water partition coefficient (Wildman–Crippen LogP) is 3.91. The van der Waals surface area contributed by atoms with Crippen LogP contribution in [0.5, 0.6) is 0 Å². The minimum atomic E-state index is 0. The molecule has 1 aliphatic heterocycles. The molecule has 1 aromatic heterocycles. The van der Waals surface area contributed by atoms with Gasteiger partial charge in [0.15, 0.2) is 5.96 Å². The molecule has 1 N–H and O–H groups in total. The number of hydrogen-bond donors (Lipinski definition) is 1. The summed E-state index contributed by atoms with van der Waals surface area (Å²) in [6.07, 6.45) is 2.52. The quantitative estimate of drug-likeness (QED) is 0.353. The molecule has 0 bridgehead atoms. The van der Waals surface area contributed by atoms with Crippen LogP contribution in [0.25, 0.3) is 0 Å². The van der Waals surface area contributed by atoms with Crippen molar-refractivity contribution in [2.45, 2.75) is 39.3 Å². The molecular weight excluding hydrogens is 495 g/mol. The maximum atomic E-state index is 12.6. The summed E-state index contributed by atoms with van der Waals surface area (Å²) in [7, 11) is 3.80. The fraction of sp³-hybridized carbons (Fsp3) is 0.455. The number of nitrogens with zero attached hydrogens (tertiary/aromatic N) is 3. The number of guanidine groups is 1. The largest absolute Gasteiger partial charge is 0.356 e. The first-order valence-corrected chi connectivity index (χ1v) is 10.8. The third-order valence-electron chi connectivity index (χ3n) is 5.21. The minimum absolute atomic E-state index is 0. The van der Waals surface area contributed by atoms with Crippen LogP contribution >= 0.6 is 35.3 Å². The van der Waals surface area contributed by atoms with Gasteiger partial charge in [0.1, 0.15) is 0 Å². The number of aryl methyl sites for hydroxylation is 1. The zero-order chi connectivity index (χ0) is 19.9. The van der Waals surface area contributed by atoms with Crippen molar-refractivity contribution < 1.29 is 4.79 Å². The van der Waals surface area contributed by atoms with Crippen molar-refractivity contribution in [3.05, 3.63) is 57.3 Å². The zero-order valence-electron chi connectivity index (χ0n) is 17.5. The SMILES string of the molecule is CCc1ccc(CN(C)C(=NC)NCCC(=O)N2CCc3sccc3C2)cc1.I. The van der Waals surface area contributed by atoms with E-state index in [-0.39, 0.29) is 29.9 Å². The molecule has 0 saturated carbocycles. The second kappa shape index (κ2) is 11.5. The van der Waals surface area contributed by atoms with E-state index in [4.69, 9.17) is 0 Å². The van der Waals surface area contributed by atoms with E-state index >= 15 is 0 Å². The molecule has 0 atom stereocenters. The van der Waals surface area contributed by atoms with Crippen molar-refractivity contribution in [1.82, 2.24) is 15.1 Å². The monoisotopic (exact) mass is 526 g/mol. The summed E-state index contributed by atoms with van der Waals surface area (Å²) < 4.78 is 0. The summed E-state index contributed by atoms with van der Waals surface area (Å²) in [6, 6.07) is 10.8. The zero-order valence-corrected chi connectivity index (χ0v) is 20.6. The number of fused-ring (bicyclic) bond motifs is 1. The van der Waals surface area contributed by atoms with Crippen LogP contribution in [-0.2, 0) is 30.7 Å². The Bertz CT molecular complexity index is 818. The van der Waals surface area contributed by atoms with Crippen LogP contribution in [0.4, 0.5) is 0 Å². The van der Waals surface area contributed by atoms with Gasteiger partial charge in [-0.2, -0.15) is 0 Å². The van der Waals surface area contributed by atoms with Crippen LogP contribution in [0.3, 0.4) is 0 Å². The molecule has 1 aliphatic rings. The van der Waals surface area contributed by atoms with Gasteiger partial charge in [-0.1, -0.05) is 31.2 Å². The number of carbonyl (C=O) groups is 1. The molecule has 29 heavy (non-hydrogen) atoms. The van der Waals surface area contributed by atoms with Gasteiger partial charge in [-0.25, -0.2) is 0 Å². The maximum absolute atomic E-state index is 12.6. The Morgan fingerprint density at radius 1 is 1.24 bits per heavy atom. The molecule has 1 amide bonds. The van der Waals surface area contributed by atoms with Gasteiger partial charge in [0.25, 0.3) is 0 Å². The lowest BCUT2D eigenvalue weighted by molar-refractivity contribution is -0.131. The van der Waals surface area contributed by atoms with Gasteiger partial charge in [-0.05, 0) is 41.0 Å². The molecule has 0 saturated heterocycles. The molecule has 3 rings (SSSR count). The molecule has 0 unspecified atom stereocenters. The lowest BCUT2D eigenvalue weighted by Gasteiger charge is -2.27. The van der Waals surface area contributed by atoms with E-state index in [2.05, 4.69) is 57.8 Å². The Kier molecular flexibility index (Phi) is 9.42. The molecule has 158 valence electrons. The molecule has 2 heterocycles. The Balaban J connectivity index is 0.00000300. The summed E-state index contributed by atoms with van der Waals surface area (Å²) in [5.41, 5.74) is 3.90.